The van der Waals surface area contributed by atoms with Crippen molar-refractivity contribution in [3.63, 3.8) is 0 Å². The number of nitrogens with one attached hydrogen (secondary N) is 1. The lowest BCUT2D eigenvalue weighted by atomic mass is 10.2. The minimum Gasteiger partial charge on any atom is -0.496 e. The van der Waals surface area contributed by atoms with E-state index in [2.05, 4.69) is 25.9 Å². The van der Waals surface area contributed by atoms with Crippen LogP contribution in [0, 0.1) is 0 Å². The first-order valence-electron chi connectivity index (χ1n) is 8.59. The number of carbonyl (C=O) groups is 1. The highest BCUT2D eigenvalue weighted by Gasteiger charge is 2.11. The zero-order valence-corrected chi connectivity index (χ0v) is 16.2. The number of hydrogen-bond acceptors (Lipinski definition) is 8. The van der Waals surface area contributed by atoms with Crippen molar-refractivity contribution < 1.29 is 19.0 Å². The first-order valence-corrected chi connectivity index (χ1v) is 8.59. The van der Waals surface area contributed by atoms with E-state index < -0.39 is 5.91 Å². The molecule has 1 amide bonds. The van der Waals surface area contributed by atoms with Crippen molar-refractivity contribution in [2.75, 3.05) is 21.3 Å². The second kappa shape index (κ2) is 9.31. The molecule has 29 heavy (non-hydrogen) atoms. The van der Waals surface area contributed by atoms with Gasteiger partial charge in [0.25, 0.3) is 5.91 Å². The first kappa shape index (κ1) is 19.8. The molecule has 10 nitrogen and oxygen atoms in total. The Balaban J connectivity index is 1.64. The summed E-state index contributed by atoms with van der Waals surface area (Å²) in [7, 11) is 4.59. The Morgan fingerprint density at radius 1 is 1.07 bits per heavy atom. The molecule has 0 saturated carbocycles. The van der Waals surface area contributed by atoms with Crippen LogP contribution >= 0.6 is 0 Å². The van der Waals surface area contributed by atoms with Crippen molar-refractivity contribution in [1.82, 2.24) is 25.6 Å². The molecule has 150 valence electrons. The first-order chi connectivity index (χ1) is 14.1. The lowest BCUT2D eigenvalue weighted by molar-refractivity contribution is -0.122. The van der Waals surface area contributed by atoms with Gasteiger partial charge in [0.2, 0.25) is 5.82 Å². The van der Waals surface area contributed by atoms with Crippen LogP contribution in [0.2, 0.25) is 0 Å². The molecule has 1 aromatic heterocycles. The van der Waals surface area contributed by atoms with Crippen molar-refractivity contribution in [3.05, 3.63) is 48.0 Å². The summed E-state index contributed by atoms with van der Waals surface area (Å²) in [5.41, 5.74) is 3.84. The van der Waals surface area contributed by atoms with E-state index in [0.29, 0.717) is 28.6 Å². The van der Waals surface area contributed by atoms with Gasteiger partial charge >= 0.3 is 0 Å². The maximum Gasteiger partial charge on any atom is 0.263 e. The number of hydrazone groups is 1. The smallest absolute Gasteiger partial charge is 0.263 e. The monoisotopic (exact) mass is 396 g/mol. The van der Waals surface area contributed by atoms with Crippen LogP contribution in [0.4, 0.5) is 0 Å². The molecule has 0 fully saturated rings. The third-order valence-corrected chi connectivity index (χ3v) is 3.90. The lowest BCUT2D eigenvalue weighted by Crippen LogP contribution is -2.24. The van der Waals surface area contributed by atoms with Crippen LogP contribution < -0.4 is 19.6 Å². The fourth-order valence-corrected chi connectivity index (χ4v) is 2.50. The van der Waals surface area contributed by atoms with Gasteiger partial charge in [-0.2, -0.15) is 9.90 Å². The second-order valence-electron chi connectivity index (χ2n) is 5.75. The van der Waals surface area contributed by atoms with E-state index in [1.807, 2.05) is 30.3 Å². The molecule has 0 aliphatic heterocycles. The zero-order valence-electron chi connectivity index (χ0n) is 16.2. The normalized spacial score (nSPS) is 10.7. The molecule has 1 N–H and O–H groups in total. The third-order valence-electron chi connectivity index (χ3n) is 3.90. The van der Waals surface area contributed by atoms with Gasteiger partial charge in [-0.25, -0.2) is 5.43 Å². The Hall–Kier alpha value is -3.95. The molecule has 2 aromatic carbocycles. The number of hydrogen-bond donors (Lipinski definition) is 1. The molecule has 3 aromatic rings. The molecule has 0 atom stereocenters. The highest BCUT2D eigenvalue weighted by molar-refractivity contribution is 5.86. The average molecular weight is 396 g/mol. The fraction of sp³-hybridized carbons (Fsp3) is 0.211. The minimum absolute atomic E-state index is 0.125. The predicted octanol–water partition coefficient (Wildman–Crippen LogP) is 1.52. The molecular weight excluding hydrogens is 376 g/mol. The molecule has 1 heterocycles. The SMILES string of the molecule is COc1cc(OC)c(OC)cc1/C=N\NC(=O)Cn1nnc(-c2ccccc2)n1. The topological polar surface area (TPSA) is 113 Å². The van der Waals surface area contributed by atoms with E-state index in [0.717, 1.165) is 5.56 Å². The summed E-state index contributed by atoms with van der Waals surface area (Å²) in [6.07, 6.45) is 1.45. The third kappa shape index (κ3) is 4.86. The van der Waals surface area contributed by atoms with Crippen LogP contribution in [0.15, 0.2) is 47.6 Å². The number of rotatable bonds is 8. The zero-order chi connectivity index (χ0) is 20.6. The highest BCUT2D eigenvalue weighted by atomic mass is 16.5. The minimum atomic E-state index is -0.405. The summed E-state index contributed by atoms with van der Waals surface area (Å²) in [6, 6.07) is 12.7. The summed E-state index contributed by atoms with van der Waals surface area (Å²) in [5.74, 6) is 1.60. The van der Waals surface area contributed by atoms with Crippen LogP contribution in [0.5, 0.6) is 17.2 Å². The molecule has 0 bridgehead atoms. The molecule has 10 heteroatoms. The molecule has 0 unspecified atom stereocenters. The molecule has 3 rings (SSSR count). The Morgan fingerprint density at radius 3 is 2.45 bits per heavy atom. The summed E-state index contributed by atoms with van der Waals surface area (Å²) in [4.78, 5) is 13.3. The number of ether oxygens (including phenoxy) is 3. The van der Waals surface area contributed by atoms with E-state index in [-0.39, 0.29) is 6.54 Å². The van der Waals surface area contributed by atoms with Gasteiger partial charge in [-0.3, -0.25) is 4.79 Å². The van der Waals surface area contributed by atoms with Gasteiger partial charge in [-0.15, -0.1) is 10.2 Å². The Morgan fingerprint density at radius 2 is 1.76 bits per heavy atom. The number of tetrazole rings is 1. The van der Waals surface area contributed by atoms with E-state index in [4.69, 9.17) is 14.2 Å². The predicted molar refractivity (Wildman–Crippen MR) is 105 cm³/mol. The van der Waals surface area contributed by atoms with Gasteiger partial charge in [0.05, 0.1) is 27.5 Å². The summed E-state index contributed by atoms with van der Waals surface area (Å²) in [5, 5.41) is 16.0. The number of amides is 1. The Labute approximate surface area is 167 Å². The van der Waals surface area contributed by atoms with Crippen molar-refractivity contribution in [1.29, 1.82) is 0 Å². The van der Waals surface area contributed by atoms with Gasteiger partial charge in [-0.1, -0.05) is 30.3 Å². The molecule has 0 spiro atoms. The Bertz CT molecular complexity index is 1000. The maximum atomic E-state index is 12.1. The van der Waals surface area contributed by atoms with Crippen molar-refractivity contribution in [3.8, 4) is 28.6 Å². The molecular formula is C19H20N6O4. The van der Waals surface area contributed by atoms with Crippen LogP contribution in [0.1, 0.15) is 5.56 Å². The fourth-order valence-electron chi connectivity index (χ4n) is 2.50. The van der Waals surface area contributed by atoms with E-state index in [1.54, 1.807) is 12.1 Å². The number of carbonyl (C=O) groups excluding carboxylic acids is 1. The summed E-state index contributed by atoms with van der Waals surface area (Å²) in [6.45, 7) is -0.125. The number of benzene rings is 2. The highest BCUT2D eigenvalue weighted by Crippen LogP contribution is 2.33. The Kier molecular flexibility index (Phi) is 6.36. The van der Waals surface area contributed by atoms with Crippen molar-refractivity contribution in [2.45, 2.75) is 6.54 Å². The van der Waals surface area contributed by atoms with Crippen LogP contribution in [0.25, 0.3) is 11.4 Å². The van der Waals surface area contributed by atoms with Crippen molar-refractivity contribution >= 4 is 12.1 Å². The largest absolute Gasteiger partial charge is 0.496 e. The second-order valence-corrected chi connectivity index (χ2v) is 5.75. The summed E-state index contributed by atoms with van der Waals surface area (Å²) >= 11 is 0. The van der Waals surface area contributed by atoms with E-state index in [1.165, 1.54) is 32.3 Å². The van der Waals surface area contributed by atoms with E-state index >= 15 is 0 Å². The number of nitrogens with zero attached hydrogens (tertiary/aromatic N) is 5. The van der Waals surface area contributed by atoms with Gasteiger partial charge in [-0.05, 0) is 11.3 Å². The van der Waals surface area contributed by atoms with Crippen molar-refractivity contribution in [2.24, 2.45) is 5.10 Å². The van der Waals surface area contributed by atoms with Crippen LogP contribution in [0.3, 0.4) is 0 Å². The molecule has 0 radical (unpaired) electrons. The maximum absolute atomic E-state index is 12.1. The van der Waals surface area contributed by atoms with Crippen LogP contribution in [-0.2, 0) is 11.3 Å². The van der Waals surface area contributed by atoms with E-state index in [9.17, 15) is 4.79 Å². The van der Waals surface area contributed by atoms with Crippen LogP contribution in [-0.4, -0.2) is 53.7 Å². The standard InChI is InChI=1S/C19H20N6O4/c1-27-15-10-17(29-3)16(28-2)9-14(15)11-20-21-18(26)12-25-23-19(22-24-25)13-7-5-4-6-8-13/h4-11H,12H2,1-3H3,(H,21,26)/b20-11-. The lowest BCUT2D eigenvalue weighted by Gasteiger charge is -2.11. The summed E-state index contributed by atoms with van der Waals surface area (Å²) < 4.78 is 15.8. The van der Waals surface area contributed by atoms with Gasteiger partial charge in [0.1, 0.15) is 12.3 Å². The van der Waals surface area contributed by atoms with Gasteiger partial charge in [0, 0.05) is 17.2 Å². The number of aromatic nitrogens is 4. The number of methoxy groups -OCH3 is 3. The quantitative estimate of drug-likeness (QED) is 0.454. The molecule has 0 aliphatic carbocycles. The van der Waals surface area contributed by atoms with Gasteiger partial charge in [0.15, 0.2) is 11.5 Å². The van der Waals surface area contributed by atoms with Gasteiger partial charge < -0.3 is 14.2 Å². The average Bonchev–Trinajstić information content (AvgIpc) is 3.22. The molecule has 0 saturated heterocycles. The molecule has 0 aliphatic rings.